The van der Waals surface area contributed by atoms with Gasteiger partial charge in [0.2, 0.25) is 0 Å². The van der Waals surface area contributed by atoms with Crippen LogP contribution >= 0.6 is 0 Å². The first-order chi connectivity index (χ1) is 7.53. The summed E-state index contributed by atoms with van der Waals surface area (Å²) >= 11 is 0. The molecule has 1 heterocycles. The molecule has 1 saturated heterocycles. The summed E-state index contributed by atoms with van der Waals surface area (Å²) in [5.41, 5.74) is -0.548. The third kappa shape index (κ3) is 1.34. The van der Waals surface area contributed by atoms with Crippen molar-refractivity contribution in [2.45, 2.75) is 19.3 Å². The van der Waals surface area contributed by atoms with E-state index in [-0.39, 0.29) is 5.82 Å². The molecule has 0 saturated carbocycles. The lowest BCUT2D eigenvalue weighted by Crippen LogP contribution is -2.56. The van der Waals surface area contributed by atoms with Crippen LogP contribution in [0.3, 0.4) is 0 Å². The Morgan fingerprint density at radius 2 is 2.00 bits per heavy atom. The van der Waals surface area contributed by atoms with Crippen LogP contribution < -0.4 is 0 Å². The maximum Gasteiger partial charge on any atom is 0.127 e. The summed E-state index contributed by atoms with van der Waals surface area (Å²) < 4.78 is 19.0. The van der Waals surface area contributed by atoms with Gasteiger partial charge in [0, 0.05) is 5.56 Å². The van der Waals surface area contributed by atoms with Crippen molar-refractivity contribution in [3.8, 4) is 6.07 Å². The minimum absolute atomic E-state index is 0.255. The molecule has 0 spiro atoms. The molecule has 1 aliphatic rings. The van der Waals surface area contributed by atoms with Gasteiger partial charge in [0.05, 0.1) is 30.1 Å². The molecule has 0 aromatic heterocycles. The van der Waals surface area contributed by atoms with Crippen molar-refractivity contribution < 1.29 is 9.13 Å². The van der Waals surface area contributed by atoms with E-state index in [2.05, 4.69) is 6.07 Å². The number of hydrogen-bond acceptors (Lipinski definition) is 2. The fourth-order valence-corrected chi connectivity index (χ4v) is 2.12. The third-order valence-corrected chi connectivity index (χ3v) is 3.56. The normalized spacial score (nSPS) is 18.6. The minimum Gasteiger partial charge on any atom is -0.379 e. The second kappa shape index (κ2) is 3.57. The summed E-state index contributed by atoms with van der Waals surface area (Å²) in [6, 6.07) is 8.90. The van der Waals surface area contributed by atoms with E-state index in [1.165, 1.54) is 6.07 Å². The van der Waals surface area contributed by atoms with E-state index in [0.29, 0.717) is 18.8 Å². The SMILES string of the molecule is CC(C)(C#N)C1(c2ccccc2F)COC1. The fraction of sp³-hybridized carbons (Fsp3) is 0.462. The molecular weight excluding hydrogens is 205 g/mol. The molecule has 0 bridgehead atoms. The van der Waals surface area contributed by atoms with Gasteiger partial charge in [-0.2, -0.15) is 5.26 Å². The van der Waals surface area contributed by atoms with E-state index in [9.17, 15) is 9.65 Å². The number of rotatable bonds is 2. The van der Waals surface area contributed by atoms with Gasteiger partial charge in [-0.05, 0) is 19.9 Å². The highest BCUT2D eigenvalue weighted by atomic mass is 19.1. The Labute approximate surface area is 94.7 Å². The number of ether oxygens (including phenoxy) is 1. The maximum atomic E-state index is 13.8. The largest absolute Gasteiger partial charge is 0.379 e. The molecule has 0 N–H and O–H groups in total. The Balaban J connectivity index is 2.53. The summed E-state index contributed by atoms with van der Waals surface area (Å²) in [6.45, 7) is 4.49. The van der Waals surface area contributed by atoms with Crippen molar-refractivity contribution in [3.05, 3.63) is 35.6 Å². The van der Waals surface area contributed by atoms with Crippen LogP contribution in [0.5, 0.6) is 0 Å². The molecule has 1 aromatic carbocycles. The van der Waals surface area contributed by atoms with Crippen molar-refractivity contribution in [1.29, 1.82) is 5.26 Å². The van der Waals surface area contributed by atoms with Crippen molar-refractivity contribution in [2.75, 3.05) is 13.2 Å². The Morgan fingerprint density at radius 1 is 1.38 bits per heavy atom. The molecule has 0 radical (unpaired) electrons. The molecule has 0 atom stereocenters. The zero-order valence-electron chi connectivity index (χ0n) is 9.46. The topological polar surface area (TPSA) is 33.0 Å². The summed E-state index contributed by atoms with van der Waals surface area (Å²) in [5, 5.41) is 9.22. The number of nitriles is 1. The van der Waals surface area contributed by atoms with Gasteiger partial charge in [-0.25, -0.2) is 4.39 Å². The molecule has 3 heteroatoms. The Hall–Kier alpha value is -1.40. The van der Waals surface area contributed by atoms with Gasteiger partial charge < -0.3 is 4.74 Å². The summed E-state index contributed by atoms with van der Waals surface area (Å²) in [7, 11) is 0. The van der Waals surface area contributed by atoms with Crippen LogP contribution in [-0.4, -0.2) is 13.2 Å². The number of hydrogen-bond donors (Lipinski definition) is 0. The van der Waals surface area contributed by atoms with Gasteiger partial charge >= 0.3 is 0 Å². The zero-order chi connectivity index (χ0) is 11.8. The Kier molecular flexibility index (Phi) is 2.47. The molecule has 1 fully saturated rings. The molecule has 84 valence electrons. The van der Waals surface area contributed by atoms with E-state index in [1.54, 1.807) is 18.2 Å². The van der Waals surface area contributed by atoms with Crippen LogP contribution in [0.2, 0.25) is 0 Å². The molecule has 1 aliphatic heterocycles. The van der Waals surface area contributed by atoms with Crippen molar-refractivity contribution >= 4 is 0 Å². The second-order valence-corrected chi connectivity index (χ2v) is 4.79. The van der Waals surface area contributed by atoms with Gasteiger partial charge in [-0.3, -0.25) is 0 Å². The molecule has 16 heavy (non-hydrogen) atoms. The van der Waals surface area contributed by atoms with E-state index in [4.69, 9.17) is 4.74 Å². The summed E-state index contributed by atoms with van der Waals surface area (Å²) in [5.74, 6) is -0.255. The maximum absolute atomic E-state index is 13.8. The smallest absolute Gasteiger partial charge is 0.127 e. The molecule has 0 aliphatic carbocycles. The number of benzene rings is 1. The van der Waals surface area contributed by atoms with Gasteiger partial charge in [-0.1, -0.05) is 18.2 Å². The van der Waals surface area contributed by atoms with Crippen molar-refractivity contribution in [1.82, 2.24) is 0 Å². The Bertz CT molecular complexity index is 443. The predicted octanol–water partition coefficient (Wildman–Crippen LogP) is 2.64. The van der Waals surface area contributed by atoms with E-state index < -0.39 is 10.8 Å². The second-order valence-electron chi connectivity index (χ2n) is 4.79. The van der Waals surface area contributed by atoms with Crippen molar-refractivity contribution in [3.63, 3.8) is 0 Å². The van der Waals surface area contributed by atoms with Crippen molar-refractivity contribution in [2.24, 2.45) is 5.41 Å². The lowest BCUT2D eigenvalue weighted by molar-refractivity contribution is -0.104. The van der Waals surface area contributed by atoms with Crippen LogP contribution in [0.25, 0.3) is 0 Å². The highest BCUT2D eigenvalue weighted by Crippen LogP contribution is 2.47. The first-order valence-corrected chi connectivity index (χ1v) is 5.27. The Morgan fingerprint density at radius 3 is 2.44 bits per heavy atom. The predicted molar refractivity (Wildman–Crippen MR) is 58.3 cm³/mol. The minimum atomic E-state index is -0.632. The van der Waals surface area contributed by atoms with Crippen LogP contribution in [0.15, 0.2) is 24.3 Å². The first-order valence-electron chi connectivity index (χ1n) is 5.27. The van der Waals surface area contributed by atoms with Gasteiger partial charge in [0.15, 0.2) is 0 Å². The molecule has 0 amide bonds. The number of nitrogens with zero attached hydrogens (tertiary/aromatic N) is 1. The van der Waals surface area contributed by atoms with E-state index in [1.807, 2.05) is 13.8 Å². The average molecular weight is 219 g/mol. The monoisotopic (exact) mass is 219 g/mol. The molecule has 1 aromatic rings. The van der Waals surface area contributed by atoms with Crippen LogP contribution in [0.4, 0.5) is 4.39 Å². The molecular formula is C13H14FNO. The van der Waals surface area contributed by atoms with E-state index in [0.717, 1.165) is 0 Å². The number of halogens is 1. The first kappa shape index (κ1) is 11.1. The molecule has 2 nitrogen and oxygen atoms in total. The standard InChI is InChI=1S/C13H14FNO/c1-12(2,7-15)13(8-16-9-13)10-5-3-4-6-11(10)14/h3-6H,8-9H2,1-2H3. The molecule has 2 rings (SSSR count). The fourth-order valence-electron chi connectivity index (χ4n) is 2.12. The van der Waals surface area contributed by atoms with Crippen LogP contribution in [0, 0.1) is 22.6 Å². The van der Waals surface area contributed by atoms with E-state index >= 15 is 0 Å². The molecule has 0 unspecified atom stereocenters. The van der Waals surface area contributed by atoms with Gasteiger partial charge in [0.25, 0.3) is 0 Å². The van der Waals surface area contributed by atoms with Gasteiger partial charge in [0.1, 0.15) is 5.82 Å². The van der Waals surface area contributed by atoms with Crippen LogP contribution in [-0.2, 0) is 10.2 Å². The quantitative estimate of drug-likeness (QED) is 0.766. The highest BCUT2D eigenvalue weighted by molar-refractivity contribution is 5.35. The van der Waals surface area contributed by atoms with Crippen LogP contribution in [0.1, 0.15) is 19.4 Å². The highest BCUT2D eigenvalue weighted by Gasteiger charge is 2.53. The average Bonchev–Trinajstić information content (AvgIpc) is 2.19. The zero-order valence-corrected chi connectivity index (χ0v) is 9.46. The lowest BCUT2D eigenvalue weighted by atomic mass is 9.61. The summed E-state index contributed by atoms with van der Waals surface area (Å²) in [4.78, 5) is 0. The lowest BCUT2D eigenvalue weighted by Gasteiger charge is -2.49. The third-order valence-electron chi connectivity index (χ3n) is 3.56. The van der Waals surface area contributed by atoms with Gasteiger partial charge in [-0.15, -0.1) is 0 Å². The summed E-state index contributed by atoms with van der Waals surface area (Å²) in [6.07, 6.45) is 0.